The van der Waals surface area contributed by atoms with Crippen molar-refractivity contribution in [2.75, 3.05) is 0 Å². The number of esters is 1. The Bertz CT molecular complexity index is 1310. The van der Waals surface area contributed by atoms with Gasteiger partial charge >= 0.3 is 11.9 Å². The number of ether oxygens (including phenoxy) is 1. The molecule has 0 radical (unpaired) electrons. The fourth-order valence-electron chi connectivity index (χ4n) is 3.43. The van der Waals surface area contributed by atoms with Gasteiger partial charge in [-0.1, -0.05) is 18.2 Å². The van der Waals surface area contributed by atoms with Crippen molar-refractivity contribution in [2.24, 2.45) is 7.05 Å². The molecule has 3 rings (SSSR count). The van der Waals surface area contributed by atoms with Crippen molar-refractivity contribution < 1.29 is 29.3 Å². The quantitative estimate of drug-likeness (QED) is 0.430. The van der Waals surface area contributed by atoms with Crippen molar-refractivity contribution in [3.63, 3.8) is 0 Å². The highest BCUT2D eigenvalue weighted by Crippen LogP contribution is 2.31. The number of carboxylic acid groups (broad SMARTS) is 1. The number of Topliss-reactive ketones (excluding diaryl/α,β-unsaturated/α-hetero) is 1. The van der Waals surface area contributed by atoms with Crippen LogP contribution in [-0.4, -0.2) is 38.1 Å². The summed E-state index contributed by atoms with van der Waals surface area (Å²) in [6.07, 6.45) is -0.816. The molecule has 33 heavy (non-hydrogen) atoms. The average Bonchev–Trinajstić information content (AvgIpc) is 2.75. The van der Waals surface area contributed by atoms with Crippen molar-refractivity contribution in [1.29, 1.82) is 0 Å². The van der Waals surface area contributed by atoms with E-state index < -0.39 is 46.6 Å². The van der Waals surface area contributed by atoms with Crippen LogP contribution in [0.25, 0.3) is 22.0 Å². The third kappa shape index (κ3) is 5.11. The lowest BCUT2D eigenvalue weighted by Gasteiger charge is -2.19. The molecule has 0 atom stereocenters. The van der Waals surface area contributed by atoms with Crippen LogP contribution in [0.3, 0.4) is 0 Å². The Hall–Kier alpha value is -3.94. The van der Waals surface area contributed by atoms with E-state index >= 15 is 0 Å². The van der Waals surface area contributed by atoms with Crippen LogP contribution in [-0.2, 0) is 16.6 Å². The molecule has 2 N–H and O–H groups in total. The summed E-state index contributed by atoms with van der Waals surface area (Å²) in [4.78, 5) is 48.1. The van der Waals surface area contributed by atoms with Gasteiger partial charge in [-0.25, -0.2) is 4.79 Å². The van der Waals surface area contributed by atoms with Crippen LogP contribution in [0.2, 0.25) is 0 Å². The molecule has 0 aliphatic heterocycles. The van der Waals surface area contributed by atoms with E-state index in [0.717, 1.165) is 11.1 Å². The maximum atomic E-state index is 12.8. The molecule has 0 bridgehead atoms. The number of hydrogen-bond acceptors (Lipinski definition) is 6. The topological polar surface area (TPSA) is 123 Å². The number of aromatic hydroxyl groups is 1. The molecular formula is C25H25NO7. The highest BCUT2D eigenvalue weighted by Gasteiger charge is 2.22. The van der Waals surface area contributed by atoms with E-state index in [0.29, 0.717) is 16.5 Å². The Morgan fingerprint density at radius 1 is 0.970 bits per heavy atom. The summed E-state index contributed by atoms with van der Waals surface area (Å²) in [7, 11) is 1.48. The fraction of sp³-hybridized carbons (Fsp3) is 0.280. The number of carboxylic acids is 1. The summed E-state index contributed by atoms with van der Waals surface area (Å²) < 4.78 is 6.62. The van der Waals surface area contributed by atoms with E-state index in [9.17, 15) is 24.3 Å². The van der Waals surface area contributed by atoms with E-state index in [2.05, 4.69) is 0 Å². The first-order chi connectivity index (χ1) is 15.4. The van der Waals surface area contributed by atoms with Crippen molar-refractivity contribution in [3.05, 3.63) is 63.9 Å². The van der Waals surface area contributed by atoms with Crippen LogP contribution in [0.15, 0.2) is 47.3 Å². The van der Waals surface area contributed by atoms with Gasteiger partial charge in [0.15, 0.2) is 5.78 Å². The van der Waals surface area contributed by atoms with Gasteiger partial charge in [-0.2, -0.15) is 0 Å². The number of rotatable bonds is 6. The number of aryl methyl sites for hydroxylation is 1. The molecule has 0 fully saturated rings. The number of aromatic nitrogens is 1. The van der Waals surface area contributed by atoms with Crippen LogP contribution < -0.4 is 5.56 Å². The molecule has 3 aromatic rings. The lowest BCUT2D eigenvalue weighted by molar-refractivity contribution is -0.136. The molecule has 0 aliphatic rings. The zero-order valence-corrected chi connectivity index (χ0v) is 18.8. The lowest BCUT2D eigenvalue weighted by Crippen LogP contribution is -2.25. The summed E-state index contributed by atoms with van der Waals surface area (Å²) in [5, 5.41) is 19.7. The van der Waals surface area contributed by atoms with Gasteiger partial charge in [-0.05, 0) is 56.2 Å². The fourth-order valence-corrected chi connectivity index (χ4v) is 3.43. The minimum absolute atomic E-state index is 0.296. The maximum absolute atomic E-state index is 12.8. The summed E-state index contributed by atoms with van der Waals surface area (Å²) >= 11 is 0. The summed E-state index contributed by atoms with van der Waals surface area (Å²) in [5.41, 5.74) is 0.600. The second kappa shape index (κ2) is 8.90. The SMILES string of the molecule is Cn1c(=O)c(C(=O)CCC(=O)O)c(O)c2ccc(-c3ccc(C(=O)OC(C)(C)C)cc3)cc21. The predicted octanol–water partition coefficient (Wildman–Crippen LogP) is 3.91. The number of benzene rings is 2. The second-order valence-corrected chi connectivity index (χ2v) is 8.72. The molecule has 0 amide bonds. The minimum atomic E-state index is -1.16. The number of pyridine rings is 1. The van der Waals surface area contributed by atoms with Gasteiger partial charge in [0.05, 0.1) is 17.5 Å². The first-order valence-corrected chi connectivity index (χ1v) is 10.3. The van der Waals surface area contributed by atoms with Crippen molar-refractivity contribution in [1.82, 2.24) is 4.57 Å². The molecule has 1 aromatic heterocycles. The lowest BCUT2D eigenvalue weighted by atomic mass is 9.99. The number of hydrogen-bond donors (Lipinski definition) is 2. The molecule has 0 saturated heterocycles. The zero-order valence-electron chi connectivity index (χ0n) is 18.8. The normalized spacial score (nSPS) is 11.4. The van der Waals surface area contributed by atoms with Gasteiger partial charge in [0, 0.05) is 18.9 Å². The Morgan fingerprint density at radius 3 is 2.15 bits per heavy atom. The molecule has 0 spiro atoms. The van der Waals surface area contributed by atoms with E-state index in [1.807, 2.05) is 0 Å². The smallest absolute Gasteiger partial charge is 0.338 e. The monoisotopic (exact) mass is 451 g/mol. The van der Waals surface area contributed by atoms with Gasteiger partial charge in [-0.3, -0.25) is 14.4 Å². The van der Waals surface area contributed by atoms with Gasteiger partial charge in [0.2, 0.25) is 0 Å². The molecule has 172 valence electrons. The van der Waals surface area contributed by atoms with Gasteiger partial charge in [0.1, 0.15) is 16.9 Å². The second-order valence-electron chi connectivity index (χ2n) is 8.72. The Morgan fingerprint density at radius 2 is 1.58 bits per heavy atom. The molecule has 0 saturated carbocycles. The number of carbonyl (C=O) groups excluding carboxylic acids is 2. The largest absolute Gasteiger partial charge is 0.506 e. The highest BCUT2D eigenvalue weighted by atomic mass is 16.6. The van der Waals surface area contributed by atoms with Crippen molar-refractivity contribution in [3.8, 4) is 16.9 Å². The summed E-state index contributed by atoms with van der Waals surface area (Å²) in [5.74, 6) is -2.78. The number of ketones is 1. The summed E-state index contributed by atoms with van der Waals surface area (Å²) in [6.45, 7) is 5.37. The third-order valence-corrected chi connectivity index (χ3v) is 5.07. The first kappa shape index (κ1) is 23.7. The Labute approximate surface area is 190 Å². The molecule has 0 aliphatic carbocycles. The summed E-state index contributed by atoms with van der Waals surface area (Å²) in [6, 6.07) is 11.8. The molecule has 8 nitrogen and oxygen atoms in total. The minimum Gasteiger partial charge on any atom is -0.506 e. The van der Waals surface area contributed by atoms with Crippen LogP contribution in [0.5, 0.6) is 5.75 Å². The van der Waals surface area contributed by atoms with Crippen LogP contribution in [0, 0.1) is 0 Å². The van der Waals surface area contributed by atoms with E-state index in [1.165, 1.54) is 11.6 Å². The van der Waals surface area contributed by atoms with Gasteiger partial charge in [0.25, 0.3) is 5.56 Å². The average molecular weight is 451 g/mol. The molecule has 2 aromatic carbocycles. The van der Waals surface area contributed by atoms with Crippen LogP contribution in [0.4, 0.5) is 0 Å². The highest BCUT2D eigenvalue weighted by molar-refractivity contribution is 6.04. The number of aliphatic carboxylic acids is 1. The van der Waals surface area contributed by atoms with Crippen molar-refractivity contribution >= 4 is 28.6 Å². The number of nitrogens with zero attached hydrogens (tertiary/aromatic N) is 1. The van der Waals surface area contributed by atoms with Crippen LogP contribution >= 0.6 is 0 Å². The predicted molar refractivity (Wildman–Crippen MR) is 123 cm³/mol. The van der Waals surface area contributed by atoms with E-state index in [4.69, 9.17) is 9.84 Å². The Balaban J connectivity index is 1.99. The number of fused-ring (bicyclic) bond motifs is 1. The first-order valence-electron chi connectivity index (χ1n) is 10.3. The molecular weight excluding hydrogens is 426 g/mol. The standard InChI is InChI=1S/C25H25NO7/c1-25(2,3)33-24(32)15-7-5-14(6-8-15)16-9-10-17-18(13-16)26(4)23(31)21(22(17)30)19(27)11-12-20(28)29/h5-10,13,30H,11-12H2,1-4H3,(H,28,29). The van der Waals surface area contributed by atoms with Gasteiger partial charge in [-0.15, -0.1) is 0 Å². The molecule has 8 heteroatoms. The number of carbonyl (C=O) groups is 3. The van der Waals surface area contributed by atoms with Gasteiger partial charge < -0.3 is 19.5 Å². The molecule has 0 unspecified atom stereocenters. The Kier molecular flexibility index (Phi) is 6.39. The van der Waals surface area contributed by atoms with Crippen LogP contribution in [0.1, 0.15) is 54.3 Å². The van der Waals surface area contributed by atoms with Crippen molar-refractivity contribution in [2.45, 2.75) is 39.2 Å². The van der Waals surface area contributed by atoms with E-state index in [-0.39, 0.29) is 6.42 Å². The zero-order chi connectivity index (χ0) is 24.5. The van der Waals surface area contributed by atoms with E-state index in [1.54, 1.807) is 63.2 Å². The molecule has 1 heterocycles. The third-order valence-electron chi connectivity index (χ3n) is 5.07. The maximum Gasteiger partial charge on any atom is 0.338 e.